The molecule has 1 aliphatic rings. The number of hydrogen-bond donors (Lipinski definition) is 1. The van der Waals surface area contributed by atoms with Crippen LogP contribution in [0, 0.1) is 35.0 Å². The fourth-order valence-corrected chi connectivity index (χ4v) is 2.52. The lowest BCUT2D eigenvalue weighted by Gasteiger charge is -2.38. The Balaban J connectivity index is 2.38. The molecule has 7 heteroatoms. The Bertz CT molecular complexity index is 506. The van der Waals surface area contributed by atoms with E-state index in [1.165, 1.54) is 4.90 Å². The molecule has 0 radical (unpaired) electrons. The maximum atomic E-state index is 13.8. The van der Waals surface area contributed by atoms with E-state index in [0.29, 0.717) is 6.54 Å². The molecule has 0 aromatic heterocycles. The number of rotatable bonds is 3. The molecule has 2 rings (SSSR count). The van der Waals surface area contributed by atoms with Crippen LogP contribution in [0.1, 0.15) is 20.3 Å². The first-order valence-corrected chi connectivity index (χ1v) is 6.88. The van der Waals surface area contributed by atoms with Crippen LogP contribution < -0.4 is 10.2 Å². The third-order valence-corrected chi connectivity index (χ3v) is 4.04. The van der Waals surface area contributed by atoms with Crippen LogP contribution in [-0.4, -0.2) is 25.7 Å². The quantitative estimate of drug-likeness (QED) is 0.524. The third kappa shape index (κ3) is 2.84. The van der Waals surface area contributed by atoms with Crippen LogP contribution >= 0.6 is 0 Å². The van der Waals surface area contributed by atoms with Gasteiger partial charge in [-0.05, 0) is 5.92 Å². The lowest BCUT2D eigenvalue weighted by molar-refractivity contribution is 0.332. The standard InChI is InChI=1S/C14H17F5N2/c1-3-7(2)8-6-21(5-4-20-8)14-12(18)10(16)9(15)11(17)13(14)19/h7-8,20H,3-6H2,1-2H3. The Morgan fingerprint density at radius 3 is 2.10 bits per heavy atom. The zero-order chi connectivity index (χ0) is 15.7. The number of hydrogen-bond acceptors (Lipinski definition) is 2. The molecule has 0 bridgehead atoms. The van der Waals surface area contributed by atoms with Gasteiger partial charge in [0.15, 0.2) is 23.3 Å². The Morgan fingerprint density at radius 1 is 1.05 bits per heavy atom. The van der Waals surface area contributed by atoms with Gasteiger partial charge in [0.2, 0.25) is 5.82 Å². The molecule has 118 valence electrons. The maximum absolute atomic E-state index is 13.8. The summed E-state index contributed by atoms with van der Waals surface area (Å²) in [6.07, 6.45) is 0.850. The van der Waals surface area contributed by atoms with Gasteiger partial charge in [-0.2, -0.15) is 0 Å². The van der Waals surface area contributed by atoms with Crippen molar-refractivity contribution in [2.45, 2.75) is 26.3 Å². The SMILES string of the molecule is CCC(C)C1CN(c2c(F)c(F)c(F)c(F)c2F)CCN1. The Kier molecular flexibility index (Phi) is 4.70. The molecule has 1 N–H and O–H groups in total. The van der Waals surface area contributed by atoms with Gasteiger partial charge < -0.3 is 10.2 Å². The number of halogens is 5. The molecule has 1 saturated heterocycles. The minimum Gasteiger partial charge on any atom is -0.364 e. The molecule has 0 spiro atoms. The second-order valence-electron chi connectivity index (χ2n) is 5.31. The van der Waals surface area contributed by atoms with Crippen molar-refractivity contribution in [3.63, 3.8) is 0 Å². The average molecular weight is 308 g/mol. The zero-order valence-corrected chi connectivity index (χ0v) is 11.8. The predicted octanol–water partition coefficient (Wildman–Crippen LogP) is 3.21. The van der Waals surface area contributed by atoms with E-state index in [0.717, 1.165) is 6.42 Å². The Morgan fingerprint density at radius 2 is 1.57 bits per heavy atom. The summed E-state index contributed by atoms with van der Waals surface area (Å²) in [5.74, 6) is -9.23. The highest BCUT2D eigenvalue weighted by molar-refractivity contribution is 5.51. The van der Waals surface area contributed by atoms with Gasteiger partial charge in [0.25, 0.3) is 0 Å². The van der Waals surface area contributed by atoms with E-state index in [4.69, 9.17) is 0 Å². The summed E-state index contributed by atoms with van der Waals surface area (Å²) in [6, 6.07) is -0.0567. The topological polar surface area (TPSA) is 15.3 Å². The third-order valence-electron chi connectivity index (χ3n) is 4.04. The molecule has 2 atom stereocenters. The van der Waals surface area contributed by atoms with Crippen LogP contribution in [0.3, 0.4) is 0 Å². The average Bonchev–Trinajstić information content (AvgIpc) is 2.50. The van der Waals surface area contributed by atoms with Gasteiger partial charge in [0, 0.05) is 25.7 Å². The number of benzene rings is 1. The fourth-order valence-electron chi connectivity index (χ4n) is 2.52. The summed E-state index contributed by atoms with van der Waals surface area (Å²) in [5.41, 5.74) is -0.832. The highest BCUT2D eigenvalue weighted by atomic mass is 19.2. The first-order chi connectivity index (χ1) is 9.88. The second kappa shape index (κ2) is 6.17. The minimum absolute atomic E-state index is 0.0567. The lowest BCUT2D eigenvalue weighted by Crippen LogP contribution is -2.53. The highest BCUT2D eigenvalue weighted by Gasteiger charge is 2.32. The van der Waals surface area contributed by atoms with Gasteiger partial charge in [0.05, 0.1) is 0 Å². The molecule has 2 unspecified atom stereocenters. The maximum Gasteiger partial charge on any atom is 0.200 e. The van der Waals surface area contributed by atoms with Crippen molar-refractivity contribution in [3.05, 3.63) is 29.1 Å². The zero-order valence-electron chi connectivity index (χ0n) is 11.8. The molecular weight excluding hydrogens is 291 g/mol. The van der Waals surface area contributed by atoms with Gasteiger partial charge in [-0.1, -0.05) is 20.3 Å². The van der Waals surface area contributed by atoms with Gasteiger partial charge in [-0.25, -0.2) is 22.0 Å². The van der Waals surface area contributed by atoms with Crippen LogP contribution in [0.4, 0.5) is 27.6 Å². The van der Waals surface area contributed by atoms with E-state index >= 15 is 0 Å². The van der Waals surface area contributed by atoms with Gasteiger partial charge >= 0.3 is 0 Å². The number of nitrogens with zero attached hydrogens (tertiary/aromatic N) is 1. The van der Waals surface area contributed by atoms with Crippen molar-refractivity contribution in [3.8, 4) is 0 Å². The highest BCUT2D eigenvalue weighted by Crippen LogP contribution is 2.31. The number of piperazine rings is 1. The molecule has 0 aliphatic carbocycles. The summed E-state index contributed by atoms with van der Waals surface area (Å²) in [6.45, 7) is 4.76. The monoisotopic (exact) mass is 308 g/mol. The van der Waals surface area contributed by atoms with Crippen LogP contribution in [0.25, 0.3) is 0 Å². The molecular formula is C14H17F5N2. The van der Waals surface area contributed by atoms with E-state index in [2.05, 4.69) is 5.32 Å². The lowest BCUT2D eigenvalue weighted by atomic mass is 9.97. The summed E-state index contributed by atoms with van der Waals surface area (Å²) in [7, 11) is 0. The van der Waals surface area contributed by atoms with Crippen molar-refractivity contribution in [2.75, 3.05) is 24.5 Å². The van der Waals surface area contributed by atoms with Gasteiger partial charge in [-0.3, -0.25) is 0 Å². The summed E-state index contributed by atoms with van der Waals surface area (Å²) >= 11 is 0. The largest absolute Gasteiger partial charge is 0.364 e. The summed E-state index contributed by atoms with van der Waals surface area (Å²) < 4.78 is 67.2. The van der Waals surface area contributed by atoms with Crippen molar-refractivity contribution in [1.82, 2.24) is 5.32 Å². The molecule has 0 amide bonds. The molecule has 1 heterocycles. The second-order valence-corrected chi connectivity index (χ2v) is 5.31. The van der Waals surface area contributed by atoms with Crippen LogP contribution in [0.2, 0.25) is 0 Å². The van der Waals surface area contributed by atoms with E-state index in [9.17, 15) is 22.0 Å². The Hall–Kier alpha value is -1.37. The molecule has 2 nitrogen and oxygen atoms in total. The molecule has 1 aromatic carbocycles. The number of anilines is 1. The van der Waals surface area contributed by atoms with Gasteiger partial charge in [0.1, 0.15) is 5.69 Å². The summed E-state index contributed by atoms with van der Waals surface area (Å²) in [5, 5.41) is 3.20. The fraction of sp³-hybridized carbons (Fsp3) is 0.571. The van der Waals surface area contributed by atoms with E-state index in [-0.39, 0.29) is 25.0 Å². The summed E-state index contributed by atoms with van der Waals surface area (Å²) in [4.78, 5) is 1.23. The first kappa shape index (κ1) is 16.0. The van der Waals surface area contributed by atoms with E-state index in [1.54, 1.807) is 0 Å². The van der Waals surface area contributed by atoms with Crippen molar-refractivity contribution in [2.24, 2.45) is 5.92 Å². The van der Waals surface area contributed by atoms with E-state index in [1.807, 2.05) is 13.8 Å². The van der Waals surface area contributed by atoms with Gasteiger partial charge in [-0.15, -0.1) is 0 Å². The van der Waals surface area contributed by atoms with Crippen molar-refractivity contribution < 1.29 is 22.0 Å². The molecule has 1 aliphatic heterocycles. The predicted molar refractivity (Wildman–Crippen MR) is 69.7 cm³/mol. The normalized spacial score (nSPS) is 20.7. The molecule has 1 fully saturated rings. The first-order valence-electron chi connectivity index (χ1n) is 6.88. The van der Waals surface area contributed by atoms with Crippen LogP contribution in [0.15, 0.2) is 0 Å². The van der Waals surface area contributed by atoms with E-state index < -0.39 is 34.8 Å². The van der Waals surface area contributed by atoms with Crippen molar-refractivity contribution in [1.29, 1.82) is 0 Å². The van der Waals surface area contributed by atoms with Crippen molar-refractivity contribution >= 4 is 5.69 Å². The van der Waals surface area contributed by atoms with Crippen LogP contribution in [-0.2, 0) is 0 Å². The van der Waals surface area contributed by atoms with Crippen LogP contribution in [0.5, 0.6) is 0 Å². The smallest absolute Gasteiger partial charge is 0.200 e. The number of nitrogens with one attached hydrogen (secondary N) is 1. The molecule has 1 aromatic rings. The molecule has 0 saturated carbocycles. The Labute approximate surface area is 119 Å². The minimum atomic E-state index is -2.12. The molecule has 21 heavy (non-hydrogen) atoms.